The van der Waals surface area contributed by atoms with E-state index in [0.29, 0.717) is 17.5 Å². The zero-order chi connectivity index (χ0) is 12.4. The van der Waals surface area contributed by atoms with Gasteiger partial charge in [-0.25, -0.2) is 9.18 Å². The van der Waals surface area contributed by atoms with E-state index < -0.39 is 11.9 Å². The summed E-state index contributed by atoms with van der Waals surface area (Å²) in [6.07, 6.45) is 0.635. The summed E-state index contributed by atoms with van der Waals surface area (Å²) in [5, 5.41) is 8.92. The first-order valence-electron chi connectivity index (χ1n) is 4.79. The zero-order valence-electron chi connectivity index (χ0n) is 8.63. The second-order valence-electron chi connectivity index (χ2n) is 3.40. The molecule has 0 bridgehead atoms. The van der Waals surface area contributed by atoms with Gasteiger partial charge in [0.15, 0.2) is 6.29 Å². The fourth-order valence-electron chi connectivity index (χ4n) is 1.58. The molecule has 0 saturated heterocycles. The van der Waals surface area contributed by atoms with Gasteiger partial charge in [-0.2, -0.15) is 0 Å². The molecule has 2 aromatic rings. The largest absolute Gasteiger partial charge is 0.464 e. The summed E-state index contributed by atoms with van der Waals surface area (Å²) >= 11 is 0. The molecule has 1 aromatic carbocycles. The fourth-order valence-corrected chi connectivity index (χ4v) is 1.58. The standard InChI is InChI=1S/C12H8FNO3/c13-10-4-3-8(6-9(10)7-15)11-2-1-5-14(11)12(16)17/h1-7H,(H,16,17). The van der Waals surface area contributed by atoms with Crippen molar-refractivity contribution in [2.24, 2.45) is 0 Å². The maximum Gasteiger partial charge on any atom is 0.415 e. The number of rotatable bonds is 2. The predicted molar refractivity (Wildman–Crippen MR) is 58.6 cm³/mol. The number of carbonyl (C=O) groups is 2. The zero-order valence-corrected chi connectivity index (χ0v) is 8.63. The molecule has 0 amide bonds. The van der Waals surface area contributed by atoms with Crippen molar-refractivity contribution in [2.75, 3.05) is 0 Å². The van der Waals surface area contributed by atoms with Gasteiger partial charge in [0.05, 0.1) is 11.3 Å². The molecule has 17 heavy (non-hydrogen) atoms. The van der Waals surface area contributed by atoms with Gasteiger partial charge in [0.2, 0.25) is 0 Å². The minimum Gasteiger partial charge on any atom is -0.464 e. The molecule has 0 unspecified atom stereocenters. The molecule has 0 aliphatic heterocycles. The van der Waals surface area contributed by atoms with Crippen LogP contribution in [-0.2, 0) is 0 Å². The highest BCUT2D eigenvalue weighted by atomic mass is 19.1. The molecule has 1 N–H and O–H groups in total. The molecule has 1 heterocycles. The number of benzene rings is 1. The van der Waals surface area contributed by atoms with Crippen LogP contribution < -0.4 is 0 Å². The van der Waals surface area contributed by atoms with Crippen molar-refractivity contribution in [1.29, 1.82) is 0 Å². The monoisotopic (exact) mass is 233 g/mol. The summed E-state index contributed by atoms with van der Waals surface area (Å²) in [4.78, 5) is 21.5. The molecule has 0 radical (unpaired) electrons. The lowest BCUT2D eigenvalue weighted by atomic mass is 10.1. The van der Waals surface area contributed by atoms with E-state index in [-0.39, 0.29) is 5.56 Å². The molecular weight excluding hydrogens is 225 g/mol. The second kappa shape index (κ2) is 4.21. The highest BCUT2D eigenvalue weighted by molar-refractivity contribution is 5.81. The molecule has 0 fully saturated rings. The SMILES string of the molecule is O=Cc1cc(-c2cccn2C(=O)O)ccc1F. The lowest BCUT2D eigenvalue weighted by molar-refractivity contribution is 0.112. The molecule has 2 rings (SSSR count). The van der Waals surface area contributed by atoms with Crippen LogP contribution in [0.15, 0.2) is 36.5 Å². The van der Waals surface area contributed by atoms with E-state index in [1.165, 1.54) is 18.3 Å². The molecule has 0 aliphatic carbocycles. The van der Waals surface area contributed by atoms with Gasteiger partial charge in [-0.05, 0) is 35.9 Å². The average Bonchev–Trinajstić information content (AvgIpc) is 2.78. The first kappa shape index (κ1) is 11.1. The summed E-state index contributed by atoms with van der Waals surface area (Å²) in [5.74, 6) is -0.628. The van der Waals surface area contributed by atoms with E-state index in [9.17, 15) is 14.0 Å². The molecule has 0 atom stereocenters. The van der Waals surface area contributed by atoms with Gasteiger partial charge in [0, 0.05) is 6.20 Å². The van der Waals surface area contributed by atoms with Crippen molar-refractivity contribution >= 4 is 12.4 Å². The summed E-state index contributed by atoms with van der Waals surface area (Å²) in [5.41, 5.74) is 0.766. The summed E-state index contributed by atoms with van der Waals surface area (Å²) < 4.78 is 14.1. The van der Waals surface area contributed by atoms with Crippen molar-refractivity contribution in [3.8, 4) is 11.3 Å². The van der Waals surface area contributed by atoms with Crippen LogP contribution in [0, 0.1) is 5.82 Å². The Morgan fingerprint density at radius 3 is 2.76 bits per heavy atom. The smallest absolute Gasteiger partial charge is 0.415 e. The number of hydrogen-bond acceptors (Lipinski definition) is 2. The third-order valence-electron chi connectivity index (χ3n) is 2.37. The average molecular weight is 233 g/mol. The Morgan fingerprint density at radius 2 is 2.12 bits per heavy atom. The Bertz CT molecular complexity index is 589. The van der Waals surface area contributed by atoms with E-state index in [1.54, 1.807) is 12.1 Å². The minimum atomic E-state index is -1.14. The van der Waals surface area contributed by atoms with E-state index >= 15 is 0 Å². The Kier molecular flexibility index (Phi) is 2.74. The van der Waals surface area contributed by atoms with Gasteiger partial charge in [-0.1, -0.05) is 0 Å². The van der Waals surface area contributed by atoms with Crippen LogP contribution in [0.2, 0.25) is 0 Å². The van der Waals surface area contributed by atoms with E-state index in [4.69, 9.17) is 5.11 Å². The molecule has 4 nitrogen and oxygen atoms in total. The summed E-state index contributed by atoms with van der Waals surface area (Å²) in [7, 11) is 0. The second-order valence-corrected chi connectivity index (χ2v) is 3.40. The van der Waals surface area contributed by atoms with Crippen LogP contribution in [0.25, 0.3) is 11.3 Å². The van der Waals surface area contributed by atoms with Crippen LogP contribution in [0.5, 0.6) is 0 Å². The normalized spacial score (nSPS) is 10.2. The molecule has 1 aromatic heterocycles. The van der Waals surface area contributed by atoms with Gasteiger partial charge in [0.1, 0.15) is 5.82 Å². The number of halogens is 1. The first-order chi connectivity index (χ1) is 8.13. The van der Waals surface area contributed by atoms with Crippen LogP contribution in [0.4, 0.5) is 9.18 Å². The number of nitrogens with zero attached hydrogens (tertiary/aromatic N) is 1. The van der Waals surface area contributed by atoms with Crippen molar-refractivity contribution in [1.82, 2.24) is 4.57 Å². The van der Waals surface area contributed by atoms with Crippen molar-refractivity contribution in [3.05, 3.63) is 47.9 Å². The highest BCUT2D eigenvalue weighted by Gasteiger charge is 2.11. The number of aromatic nitrogens is 1. The Morgan fingerprint density at radius 1 is 1.35 bits per heavy atom. The Labute approximate surface area is 95.9 Å². The minimum absolute atomic E-state index is 0.0966. The van der Waals surface area contributed by atoms with E-state index in [2.05, 4.69) is 0 Å². The molecular formula is C12H8FNO3. The number of carboxylic acid groups (broad SMARTS) is 1. The van der Waals surface area contributed by atoms with Crippen molar-refractivity contribution in [3.63, 3.8) is 0 Å². The molecule has 86 valence electrons. The van der Waals surface area contributed by atoms with Crippen LogP contribution in [0.1, 0.15) is 10.4 Å². The topological polar surface area (TPSA) is 59.3 Å². The number of carbonyl (C=O) groups excluding carboxylic acids is 1. The fraction of sp³-hybridized carbons (Fsp3) is 0. The van der Waals surface area contributed by atoms with E-state index in [0.717, 1.165) is 10.6 Å². The van der Waals surface area contributed by atoms with Gasteiger partial charge in [-0.3, -0.25) is 9.36 Å². The molecule has 0 saturated carbocycles. The van der Waals surface area contributed by atoms with Crippen LogP contribution >= 0.6 is 0 Å². The highest BCUT2D eigenvalue weighted by Crippen LogP contribution is 2.22. The Balaban J connectivity index is 2.57. The predicted octanol–water partition coefficient (Wildman–Crippen LogP) is 2.63. The lowest BCUT2D eigenvalue weighted by Gasteiger charge is -2.05. The number of hydrogen-bond donors (Lipinski definition) is 1. The van der Waals surface area contributed by atoms with Crippen LogP contribution in [0.3, 0.4) is 0 Å². The maximum absolute atomic E-state index is 13.1. The van der Waals surface area contributed by atoms with Crippen molar-refractivity contribution < 1.29 is 19.1 Å². The summed E-state index contributed by atoms with van der Waals surface area (Å²) in [6.45, 7) is 0. The van der Waals surface area contributed by atoms with Gasteiger partial charge in [-0.15, -0.1) is 0 Å². The van der Waals surface area contributed by atoms with Gasteiger partial charge < -0.3 is 5.11 Å². The van der Waals surface area contributed by atoms with Crippen molar-refractivity contribution in [2.45, 2.75) is 0 Å². The van der Waals surface area contributed by atoms with Crippen LogP contribution in [-0.4, -0.2) is 22.1 Å². The Hall–Kier alpha value is -2.43. The number of aldehydes is 1. The third kappa shape index (κ3) is 1.94. The van der Waals surface area contributed by atoms with E-state index in [1.807, 2.05) is 0 Å². The molecule has 0 spiro atoms. The lowest BCUT2D eigenvalue weighted by Crippen LogP contribution is -2.07. The summed E-state index contributed by atoms with van der Waals surface area (Å²) in [6, 6.07) is 7.02. The third-order valence-corrected chi connectivity index (χ3v) is 2.37. The van der Waals surface area contributed by atoms with Gasteiger partial charge in [0.25, 0.3) is 0 Å². The van der Waals surface area contributed by atoms with Gasteiger partial charge >= 0.3 is 6.09 Å². The quantitative estimate of drug-likeness (QED) is 0.811. The molecule has 0 aliphatic rings. The molecule has 5 heteroatoms. The first-order valence-corrected chi connectivity index (χ1v) is 4.79. The maximum atomic E-state index is 13.1.